The number of carbonyl (C=O) groups is 2. The van der Waals surface area contributed by atoms with Crippen LogP contribution in [0.15, 0.2) is 50.4 Å². The van der Waals surface area contributed by atoms with Gasteiger partial charge in [-0.3, -0.25) is 9.59 Å². The van der Waals surface area contributed by atoms with E-state index in [-0.39, 0.29) is 18.9 Å². The number of anilines is 1. The number of aryl methyl sites for hydroxylation is 1. The summed E-state index contributed by atoms with van der Waals surface area (Å²) in [5.41, 5.74) is 4.48. The van der Waals surface area contributed by atoms with Crippen LogP contribution < -0.4 is 20.2 Å². The number of halogens is 2. The third-order valence-electron chi connectivity index (χ3n) is 3.73. The standard InChI is InChI=1S/C20H21Br2N3O4/c1-12-8-18(17(22)10-16(12)21)29-11-20(27)25-24-13(2)9-19(26)23-14-4-6-15(28-3)7-5-14/h4-8,10H,9,11H2,1-3H3,(H,23,26)(H,25,27). The van der Waals surface area contributed by atoms with E-state index in [1.807, 2.05) is 19.1 Å². The summed E-state index contributed by atoms with van der Waals surface area (Å²) in [5, 5.41) is 6.69. The Balaban J connectivity index is 1.80. The molecule has 0 bridgehead atoms. The Kier molecular flexibility index (Phi) is 8.66. The molecule has 2 amide bonds. The molecule has 7 nitrogen and oxygen atoms in total. The predicted molar refractivity (Wildman–Crippen MR) is 120 cm³/mol. The summed E-state index contributed by atoms with van der Waals surface area (Å²) in [6.07, 6.45) is 0.0463. The van der Waals surface area contributed by atoms with Crippen molar-refractivity contribution in [3.05, 3.63) is 50.9 Å². The van der Waals surface area contributed by atoms with E-state index in [4.69, 9.17) is 9.47 Å². The van der Waals surface area contributed by atoms with E-state index in [1.165, 1.54) is 0 Å². The summed E-state index contributed by atoms with van der Waals surface area (Å²) in [4.78, 5) is 24.0. The van der Waals surface area contributed by atoms with Crippen molar-refractivity contribution in [3.8, 4) is 11.5 Å². The van der Waals surface area contributed by atoms with Crippen molar-refractivity contribution in [1.29, 1.82) is 0 Å². The smallest absolute Gasteiger partial charge is 0.277 e. The summed E-state index contributed by atoms with van der Waals surface area (Å²) in [6, 6.07) is 10.7. The zero-order valence-electron chi connectivity index (χ0n) is 16.2. The molecule has 0 fully saturated rings. The lowest BCUT2D eigenvalue weighted by atomic mass is 10.2. The molecule has 0 aliphatic carbocycles. The minimum atomic E-state index is -0.424. The molecule has 2 aromatic rings. The highest BCUT2D eigenvalue weighted by molar-refractivity contribution is 9.11. The Morgan fingerprint density at radius 1 is 1.07 bits per heavy atom. The van der Waals surface area contributed by atoms with Gasteiger partial charge in [0.1, 0.15) is 11.5 Å². The second-order valence-electron chi connectivity index (χ2n) is 6.16. The highest BCUT2D eigenvalue weighted by atomic mass is 79.9. The summed E-state index contributed by atoms with van der Waals surface area (Å²) in [7, 11) is 1.57. The summed E-state index contributed by atoms with van der Waals surface area (Å²) in [5.74, 6) is 0.597. The molecular weight excluding hydrogens is 506 g/mol. The third-order valence-corrected chi connectivity index (χ3v) is 5.21. The quantitative estimate of drug-likeness (QED) is 0.393. The zero-order valence-corrected chi connectivity index (χ0v) is 19.4. The van der Waals surface area contributed by atoms with E-state index in [9.17, 15) is 9.59 Å². The minimum Gasteiger partial charge on any atom is -0.497 e. The van der Waals surface area contributed by atoms with Gasteiger partial charge in [0.15, 0.2) is 6.61 Å². The second kappa shape index (κ2) is 11.0. The number of hydrogen-bond acceptors (Lipinski definition) is 5. The number of hydrazone groups is 1. The Hall–Kier alpha value is -2.39. The van der Waals surface area contributed by atoms with Gasteiger partial charge in [-0.2, -0.15) is 5.10 Å². The first-order valence-electron chi connectivity index (χ1n) is 8.63. The number of carbonyl (C=O) groups excluding carboxylic acids is 2. The zero-order chi connectivity index (χ0) is 21.4. The van der Waals surface area contributed by atoms with Crippen molar-refractivity contribution in [1.82, 2.24) is 5.43 Å². The average Bonchev–Trinajstić information content (AvgIpc) is 2.68. The highest BCUT2D eigenvalue weighted by Gasteiger charge is 2.09. The molecule has 154 valence electrons. The van der Waals surface area contributed by atoms with Crippen LogP contribution in [0, 0.1) is 6.92 Å². The molecule has 0 radical (unpaired) electrons. The maximum Gasteiger partial charge on any atom is 0.277 e. The molecule has 0 aliphatic heterocycles. The van der Waals surface area contributed by atoms with Gasteiger partial charge in [0.2, 0.25) is 5.91 Å². The Labute approximate surface area is 186 Å². The van der Waals surface area contributed by atoms with Crippen molar-refractivity contribution < 1.29 is 19.1 Å². The van der Waals surface area contributed by atoms with Gasteiger partial charge in [-0.1, -0.05) is 15.9 Å². The van der Waals surface area contributed by atoms with Gasteiger partial charge < -0.3 is 14.8 Å². The number of nitrogens with zero attached hydrogens (tertiary/aromatic N) is 1. The maximum absolute atomic E-state index is 12.1. The van der Waals surface area contributed by atoms with Crippen molar-refractivity contribution in [2.45, 2.75) is 20.3 Å². The van der Waals surface area contributed by atoms with E-state index < -0.39 is 5.91 Å². The van der Waals surface area contributed by atoms with Crippen molar-refractivity contribution >= 4 is 55.1 Å². The van der Waals surface area contributed by atoms with Crippen LogP contribution in [0.4, 0.5) is 5.69 Å². The van der Waals surface area contributed by atoms with Crippen LogP contribution in [0.25, 0.3) is 0 Å². The van der Waals surface area contributed by atoms with Crippen LogP contribution in [-0.4, -0.2) is 31.2 Å². The van der Waals surface area contributed by atoms with Crippen LogP contribution >= 0.6 is 31.9 Å². The Morgan fingerprint density at radius 3 is 2.41 bits per heavy atom. The van der Waals surface area contributed by atoms with Gasteiger partial charge in [-0.25, -0.2) is 5.43 Å². The van der Waals surface area contributed by atoms with E-state index in [1.54, 1.807) is 38.3 Å². The van der Waals surface area contributed by atoms with Crippen molar-refractivity contribution in [2.75, 3.05) is 19.0 Å². The van der Waals surface area contributed by atoms with Gasteiger partial charge in [0.05, 0.1) is 18.0 Å². The average molecular weight is 527 g/mol. The molecular formula is C20H21Br2N3O4. The molecule has 0 saturated heterocycles. The number of ether oxygens (including phenoxy) is 2. The molecule has 0 aliphatic rings. The number of benzene rings is 2. The SMILES string of the molecule is COc1ccc(NC(=O)CC(C)=NNC(=O)COc2cc(C)c(Br)cc2Br)cc1. The predicted octanol–water partition coefficient (Wildman–Crippen LogP) is 4.43. The molecule has 0 saturated carbocycles. The highest BCUT2D eigenvalue weighted by Crippen LogP contribution is 2.31. The Bertz CT molecular complexity index is 915. The summed E-state index contributed by atoms with van der Waals surface area (Å²) < 4.78 is 12.3. The maximum atomic E-state index is 12.1. The van der Waals surface area contributed by atoms with Crippen LogP contribution in [0.3, 0.4) is 0 Å². The van der Waals surface area contributed by atoms with E-state index in [0.717, 1.165) is 14.5 Å². The van der Waals surface area contributed by atoms with E-state index >= 15 is 0 Å². The van der Waals surface area contributed by atoms with Crippen LogP contribution in [0.1, 0.15) is 18.9 Å². The fourth-order valence-electron chi connectivity index (χ4n) is 2.23. The van der Waals surface area contributed by atoms with Gasteiger partial charge >= 0.3 is 0 Å². The molecule has 29 heavy (non-hydrogen) atoms. The molecule has 9 heteroatoms. The lowest BCUT2D eigenvalue weighted by Gasteiger charge is -2.10. The normalized spacial score (nSPS) is 11.0. The molecule has 0 atom stereocenters. The van der Waals surface area contributed by atoms with E-state index in [2.05, 4.69) is 47.7 Å². The number of nitrogens with one attached hydrogen (secondary N) is 2. The molecule has 0 heterocycles. The third kappa shape index (κ3) is 7.51. The fourth-order valence-corrected chi connectivity index (χ4v) is 3.33. The molecule has 0 aromatic heterocycles. The van der Waals surface area contributed by atoms with Crippen molar-refractivity contribution in [2.24, 2.45) is 5.10 Å². The van der Waals surface area contributed by atoms with Gasteiger partial charge in [-0.15, -0.1) is 0 Å². The monoisotopic (exact) mass is 525 g/mol. The largest absolute Gasteiger partial charge is 0.497 e. The lowest BCUT2D eigenvalue weighted by molar-refractivity contribution is -0.123. The minimum absolute atomic E-state index is 0.0463. The topological polar surface area (TPSA) is 89.0 Å². The summed E-state index contributed by atoms with van der Waals surface area (Å²) in [6.45, 7) is 3.38. The molecule has 2 aromatic carbocycles. The van der Waals surface area contributed by atoms with E-state index in [0.29, 0.717) is 22.9 Å². The van der Waals surface area contributed by atoms with Crippen LogP contribution in [-0.2, 0) is 9.59 Å². The number of amides is 2. The lowest BCUT2D eigenvalue weighted by Crippen LogP contribution is -2.26. The molecule has 0 spiro atoms. The van der Waals surface area contributed by atoms with Gasteiger partial charge in [-0.05, 0) is 71.7 Å². The summed E-state index contributed by atoms with van der Waals surface area (Å²) >= 11 is 6.82. The number of methoxy groups -OCH3 is 1. The second-order valence-corrected chi connectivity index (χ2v) is 7.86. The number of rotatable bonds is 8. The first kappa shape index (κ1) is 22.9. The van der Waals surface area contributed by atoms with Crippen LogP contribution in [0.5, 0.6) is 11.5 Å². The Morgan fingerprint density at radius 2 is 1.76 bits per heavy atom. The fraction of sp³-hybridized carbons (Fsp3) is 0.250. The molecule has 2 N–H and O–H groups in total. The molecule has 0 unspecified atom stereocenters. The number of hydrogen-bond donors (Lipinski definition) is 2. The van der Waals surface area contributed by atoms with Crippen molar-refractivity contribution in [3.63, 3.8) is 0 Å². The first-order valence-corrected chi connectivity index (χ1v) is 10.2. The molecule has 2 rings (SSSR count). The van der Waals surface area contributed by atoms with Crippen LogP contribution in [0.2, 0.25) is 0 Å². The van der Waals surface area contributed by atoms with Gasteiger partial charge in [0, 0.05) is 15.9 Å². The van der Waals surface area contributed by atoms with Gasteiger partial charge in [0.25, 0.3) is 5.91 Å². The first-order chi connectivity index (χ1) is 13.8.